The van der Waals surface area contributed by atoms with Crippen LogP contribution in [0.2, 0.25) is 0 Å². The van der Waals surface area contributed by atoms with Crippen molar-refractivity contribution < 1.29 is 23.6 Å². The minimum atomic E-state index is -1.03. The van der Waals surface area contributed by atoms with Crippen LogP contribution in [0, 0.1) is 13.8 Å². The van der Waals surface area contributed by atoms with Crippen LogP contribution < -0.4 is 10.8 Å². The van der Waals surface area contributed by atoms with Gasteiger partial charge in [0.2, 0.25) is 6.10 Å². The van der Waals surface area contributed by atoms with Gasteiger partial charge in [-0.05, 0) is 70.3 Å². The van der Waals surface area contributed by atoms with Crippen LogP contribution >= 0.6 is 0 Å². The van der Waals surface area contributed by atoms with Crippen molar-refractivity contribution in [3.05, 3.63) is 59.2 Å². The largest absolute Gasteiger partial charge is 0.495 e. The number of rotatable bonds is 5. The molecular weight excluding hydrogens is 393 g/mol. The van der Waals surface area contributed by atoms with E-state index in [1.54, 1.807) is 12.1 Å². The number of benzene rings is 2. The third-order valence-electron chi connectivity index (χ3n) is 6.04. The van der Waals surface area contributed by atoms with Crippen molar-refractivity contribution in [3.8, 4) is 0 Å². The molecule has 7 heteroatoms. The van der Waals surface area contributed by atoms with Crippen LogP contribution in [0.15, 0.2) is 42.5 Å². The summed E-state index contributed by atoms with van der Waals surface area (Å²) >= 11 is 0. The zero-order valence-corrected chi connectivity index (χ0v) is 19.2. The van der Waals surface area contributed by atoms with Gasteiger partial charge in [-0.3, -0.25) is 9.59 Å². The van der Waals surface area contributed by atoms with Crippen molar-refractivity contribution in [3.63, 3.8) is 0 Å². The predicted molar refractivity (Wildman–Crippen MR) is 121 cm³/mol. The van der Waals surface area contributed by atoms with Gasteiger partial charge in [0.15, 0.2) is 0 Å². The highest BCUT2D eigenvalue weighted by Crippen LogP contribution is 2.36. The number of ether oxygens (including phenoxy) is 1. The van der Waals surface area contributed by atoms with Gasteiger partial charge in [0.1, 0.15) is 0 Å². The lowest BCUT2D eigenvalue weighted by atomic mass is 9.76. The average molecular weight is 423 g/mol. The number of amides is 1. The molecule has 1 saturated heterocycles. The van der Waals surface area contributed by atoms with Crippen LogP contribution in [0.1, 0.15) is 57.4 Å². The lowest BCUT2D eigenvalue weighted by Gasteiger charge is -2.32. The normalized spacial score (nSPS) is 17.8. The lowest BCUT2D eigenvalue weighted by molar-refractivity contribution is -0.152. The van der Waals surface area contributed by atoms with E-state index in [2.05, 4.69) is 5.32 Å². The molecular formula is C24H30BNO5. The molecule has 1 aliphatic heterocycles. The smallest absolute Gasteiger partial charge is 0.447 e. The molecule has 1 atom stereocenters. The molecule has 1 amide bonds. The lowest BCUT2D eigenvalue weighted by Crippen LogP contribution is -2.41. The summed E-state index contributed by atoms with van der Waals surface area (Å²) in [5, 5.41) is 2.87. The first-order valence-electron chi connectivity index (χ1n) is 10.4. The van der Waals surface area contributed by atoms with Crippen molar-refractivity contribution in [1.82, 2.24) is 0 Å². The second-order valence-electron chi connectivity index (χ2n) is 8.99. The van der Waals surface area contributed by atoms with Gasteiger partial charge in [0.25, 0.3) is 5.91 Å². The third kappa shape index (κ3) is 4.83. The Labute approximate surface area is 184 Å². The fourth-order valence-corrected chi connectivity index (χ4v) is 3.50. The van der Waals surface area contributed by atoms with E-state index < -0.39 is 36.3 Å². The molecule has 31 heavy (non-hydrogen) atoms. The first kappa shape index (κ1) is 23.0. The van der Waals surface area contributed by atoms with Gasteiger partial charge < -0.3 is 19.4 Å². The second kappa shape index (κ2) is 8.48. The van der Waals surface area contributed by atoms with Gasteiger partial charge >= 0.3 is 13.1 Å². The minimum absolute atomic E-state index is 0.410. The summed E-state index contributed by atoms with van der Waals surface area (Å²) in [6.45, 7) is 13.2. The first-order valence-corrected chi connectivity index (χ1v) is 10.4. The van der Waals surface area contributed by atoms with Gasteiger partial charge in [-0.25, -0.2) is 0 Å². The number of nitrogens with one attached hydrogen (secondary N) is 1. The predicted octanol–water partition coefficient (Wildman–Crippen LogP) is 3.85. The number of carbonyl (C=O) groups is 2. The summed E-state index contributed by atoms with van der Waals surface area (Å²) in [6.07, 6.45) is -1.03. The van der Waals surface area contributed by atoms with E-state index in [4.69, 9.17) is 14.0 Å². The van der Waals surface area contributed by atoms with E-state index in [-0.39, 0.29) is 0 Å². The number of hydrogen-bond acceptors (Lipinski definition) is 5. The number of anilines is 1. The SMILES string of the molecule is CC(=O)OC(C(=O)Nc1ccc(B2OC(C)(C)C(C)(C)O2)c(C)c1)c1ccccc1C. The van der Waals surface area contributed by atoms with E-state index in [0.717, 1.165) is 16.6 Å². The Morgan fingerprint density at radius 1 is 0.968 bits per heavy atom. The minimum Gasteiger partial charge on any atom is -0.447 e. The van der Waals surface area contributed by atoms with E-state index in [9.17, 15) is 9.59 Å². The summed E-state index contributed by atoms with van der Waals surface area (Å²) < 4.78 is 17.6. The summed E-state index contributed by atoms with van der Waals surface area (Å²) in [7, 11) is -0.476. The van der Waals surface area contributed by atoms with E-state index in [1.807, 2.05) is 71.9 Å². The van der Waals surface area contributed by atoms with Crippen LogP contribution in [0.4, 0.5) is 5.69 Å². The van der Waals surface area contributed by atoms with Crippen LogP contribution in [-0.4, -0.2) is 30.2 Å². The van der Waals surface area contributed by atoms with E-state index >= 15 is 0 Å². The Bertz CT molecular complexity index is 985. The molecule has 0 radical (unpaired) electrons. The molecule has 6 nitrogen and oxygen atoms in total. The van der Waals surface area contributed by atoms with Crippen molar-refractivity contribution in [2.45, 2.75) is 65.8 Å². The molecule has 2 aromatic carbocycles. The Kier molecular flexibility index (Phi) is 6.30. The molecule has 1 heterocycles. The molecule has 0 aliphatic carbocycles. The van der Waals surface area contributed by atoms with Gasteiger partial charge in [0.05, 0.1) is 11.2 Å². The average Bonchev–Trinajstić information content (AvgIpc) is 2.87. The van der Waals surface area contributed by atoms with Crippen molar-refractivity contribution in [1.29, 1.82) is 0 Å². The fraction of sp³-hybridized carbons (Fsp3) is 0.417. The summed E-state index contributed by atoms with van der Waals surface area (Å²) in [6, 6.07) is 12.9. The quantitative estimate of drug-likeness (QED) is 0.584. The maximum absolute atomic E-state index is 13.0. The Morgan fingerprint density at radius 3 is 2.13 bits per heavy atom. The number of carbonyl (C=O) groups excluding carboxylic acids is 2. The summed E-state index contributed by atoms with van der Waals surface area (Å²) in [5.74, 6) is -0.928. The van der Waals surface area contributed by atoms with E-state index in [1.165, 1.54) is 6.92 Å². The summed E-state index contributed by atoms with van der Waals surface area (Å²) in [4.78, 5) is 24.6. The van der Waals surface area contributed by atoms with Crippen LogP contribution in [-0.2, 0) is 23.6 Å². The monoisotopic (exact) mass is 423 g/mol. The third-order valence-corrected chi connectivity index (χ3v) is 6.04. The maximum atomic E-state index is 13.0. The molecule has 1 fully saturated rings. The number of esters is 1. The molecule has 0 bridgehead atoms. The second-order valence-corrected chi connectivity index (χ2v) is 8.99. The molecule has 164 valence electrons. The zero-order valence-electron chi connectivity index (χ0n) is 19.2. The standard InChI is InChI=1S/C24H30BNO5/c1-15-10-8-9-11-19(15)21(29-17(3)27)22(28)26-18-12-13-20(16(2)14-18)25-30-23(4,5)24(6,7)31-25/h8-14,21H,1-7H3,(H,26,28). The zero-order chi connectivity index (χ0) is 23.0. The van der Waals surface area contributed by atoms with E-state index in [0.29, 0.717) is 11.3 Å². The Balaban J connectivity index is 1.81. The van der Waals surface area contributed by atoms with Crippen LogP contribution in [0.3, 0.4) is 0 Å². The number of aryl methyl sites for hydroxylation is 2. The van der Waals surface area contributed by atoms with Crippen LogP contribution in [0.5, 0.6) is 0 Å². The molecule has 3 rings (SSSR count). The van der Waals surface area contributed by atoms with Gasteiger partial charge in [0, 0.05) is 18.2 Å². The fourth-order valence-electron chi connectivity index (χ4n) is 3.50. The molecule has 2 aromatic rings. The Morgan fingerprint density at radius 2 is 1.58 bits per heavy atom. The number of hydrogen-bond donors (Lipinski definition) is 1. The Hall–Kier alpha value is -2.64. The highest BCUT2D eigenvalue weighted by Gasteiger charge is 2.52. The van der Waals surface area contributed by atoms with Gasteiger partial charge in [-0.15, -0.1) is 0 Å². The van der Waals surface area contributed by atoms with Crippen molar-refractivity contribution in [2.75, 3.05) is 5.32 Å². The first-order chi connectivity index (χ1) is 14.4. The van der Waals surface area contributed by atoms with Crippen molar-refractivity contribution in [2.24, 2.45) is 0 Å². The summed E-state index contributed by atoms with van der Waals surface area (Å²) in [5.41, 5.74) is 3.11. The molecule has 1 aliphatic rings. The topological polar surface area (TPSA) is 73.9 Å². The van der Waals surface area contributed by atoms with Crippen LogP contribution in [0.25, 0.3) is 0 Å². The maximum Gasteiger partial charge on any atom is 0.495 e. The molecule has 0 spiro atoms. The molecule has 1 unspecified atom stereocenters. The molecule has 1 N–H and O–H groups in total. The highest BCUT2D eigenvalue weighted by molar-refractivity contribution is 6.62. The van der Waals surface area contributed by atoms with Gasteiger partial charge in [-0.1, -0.05) is 30.3 Å². The molecule has 0 saturated carbocycles. The van der Waals surface area contributed by atoms with Crippen molar-refractivity contribution >= 4 is 30.1 Å². The highest BCUT2D eigenvalue weighted by atomic mass is 16.7. The van der Waals surface area contributed by atoms with Gasteiger partial charge in [-0.2, -0.15) is 0 Å². The molecule has 0 aromatic heterocycles.